The molecular weight excluding hydrogens is 402 g/mol. The summed E-state index contributed by atoms with van der Waals surface area (Å²) in [7, 11) is -3.53. The number of carbonyl (C=O) groups excluding carboxylic acids is 2. The summed E-state index contributed by atoms with van der Waals surface area (Å²) in [5.41, 5.74) is 1.77. The predicted octanol–water partition coefficient (Wildman–Crippen LogP) is 3.81. The van der Waals surface area contributed by atoms with Gasteiger partial charge in [-0.2, -0.15) is 4.31 Å². The van der Waals surface area contributed by atoms with Crippen molar-refractivity contribution in [2.45, 2.75) is 43.9 Å². The van der Waals surface area contributed by atoms with Crippen LogP contribution >= 0.6 is 0 Å². The first-order valence-corrected chi connectivity index (χ1v) is 11.4. The summed E-state index contributed by atoms with van der Waals surface area (Å²) in [6.07, 6.45) is 1.72. The second-order valence-electron chi connectivity index (χ2n) is 8.46. The topological polar surface area (TPSA) is 80.8 Å². The van der Waals surface area contributed by atoms with Crippen LogP contribution in [0.15, 0.2) is 53.4 Å². The van der Waals surface area contributed by atoms with Gasteiger partial charge in [0.1, 0.15) is 0 Å². The van der Waals surface area contributed by atoms with Gasteiger partial charge in [-0.3, -0.25) is 4.79 Å². The van der Waals surface area contributed by atoms with Crippen LogP contribution in [0, 0.1) is 0 Å². The highest BCUT2D eigenvalue weighted by atomic mass is 32.2. The summed E-state index contributed by atoms with van der Waals surface area (Å²) in [5, 5.41) is 0. The van der Waals surface area contributed by atoms with Gasteiger partial charge in [-0.1, -0.05) is 45.0 Å². The van der Waals surface area contributed by atoms with Crippen LogP contribution in [0.5, 0.6) is 0 Å². The number of sulfonamides is 1. The second kappa shape index (κ2) is 8.70. The summed E-state index contributed by atoms with van der Waals surface area (Å²) < 4.78 is 31.6. The van der Waals surface area contributed by atoms with Gasteiger partial charge in [0.25, 0.3) is 0 Å². The van der Waals surface area contributed by atoms with Crippen LogP contribution in [0.25, 0.3) is 0 Å². The van der Waals surface area contributed by atoms with Crippen molar-refractivity contribution in [2.24, 2.45) is 0 Å². The van der Waals surface area contributed by atoms with Gasteiger partial charge in [0, 0.05) is 18.7 Å². The summed E-state index contributed by atoms with van der Waals surface area (Å²) >= 11 is 0. The fraction of sp³-hybridized carbons (Fsp3) is 0.391. The lowest BCUT2D eigenvalue weighted by atomic mass is 9.86. The molecular formula is C23H27NO5S. The summed E-state index contributed by atoms with van der Waals surface area (Å²) in [5.74, 6) is -0.961. The highest BCUT2D eigenvalue weighted by Crippen LogP contribution is 2.23. The average Bonchev–Trinajstić information content (AvgIpc) is 3.27. The largest absolute Gasteiger partial charge is 0.454 e. The summed E-state index contributed by atoms with van der Waals surface area (Å²) in [4.78, 5) is 24.7. The monoisotopic (exact) mass is 429 g/mol. The number of hydrogen-bond acceptors (Lipinski definition) is 5. The van der Waals surface area contributed by atoms with E-state index in [0.29, 0.717) is 18.7 Å². The molecule has 0 bridgehead atoms. The van der Waals surface area contributed by atoms with E-state index < -0.39 is 16.0 Å². The van der Waals surface area contributed by atoms with Gasteiger partial charge in [-0.15, -0.1) is 0 Å². The molecule has 0 radical (unpaired) electrons. The third-order valence-corrected chi connectivity index (χ3v) is 7.11. The minimum Gasteiger partial charge on any atom is -0.454 e. The van der Waals surface area contributed by atoms with E-state index in [2.05, 4.69) is 20.8 Å². The van der Waals surface area contributed by atoms with E-state index in [1.165, 1.54) is 28.6 Å². The zero-order valence-corrected chi connectivity index (χ0v) is 18.4. The van der Waals surface area contributed by atoms with Crippen LogP contribution in [0.1, 0.15) is 59.9 Å². The molecule has 160 valence electrons. The zero-order valence-electron chi connectivity index (χ0n) is 17.6. The van der Waals surface area contributed by atoms with Crippen molar-refractivity contribution in [3.63, 3.8) is 0 Å². The fourth-order valence-corrected chi connectivity index (χ4v) is 4.81. The minimum absolute atomic E-state index is 0.0114. The molecule has 0 aliphatic carbocycles. The molecule has 0 atom stereocenters. The van der Waals surface area contributed by atoms with Crippen LogP contribution in [0.2, 0.25) is 0 Å². The van der Waals surface area contributed by atoms with Gasteiger partial charge < -0.3 is 4.74 Å². The van der Waals surface area contributed by atoms with Gasteiger partial charge >= 0.3 is 5.97 Å². The molecule has 1 aliphatic rings. The first-order chi connectivity index (χ1) is 14.1. The molecule has 0 unspecified atom stereocenters. The van der Waals surface area contributed by atoms with Crippen molar-refractivity contribution in [2.75, 3.05) is 19.7 Å². The number of nitrogens with zero attached hydrogens (tertiary/aromatic N) is 1. The van der Waals surface area contributed by atoms with E-state index in [1.807, 2.05) is 12.1 Å². The van der Waals surface area contributed by atoms with Crippen molar-refractivity contribution in [1.29, 1.82) is 0 Å². The van der Waals surface area contributed by atoms with Crippen molar-refractivity contribution >= 4 is 21.8 Å². The van der Waals surface area contributed by atoms with Gasteiger partial charge in [0.05, 0.1) is 10.5 Å². The Bertz CT molecular complexity index is 1010. The molecule has 0 N–H and O–H groups in total. The Hall–Kier alpha value is -2.51. The Labute approximate surface area is 177 Å². The van der Waals surface area contributed by atoms with Crippen LogP contribution in [0.3, 0.4) is 0 Å². The Kier molecular flexibility index (Phi) is 6.43. The first kappa shape index (κ1) is 22.2. The third-order valence-electron chi connectivity index (χ3n) is 5.20. The molecule has 1 saturated heterocycles. The Morgan fingerprint density at radius 1 is 0.900 bits per heavy atom. The maximum Gasteiger partial charge on any atom is 0.338 e. The zero-order chi connectivity index (χ0) is 21.9. The number of carbonyl (C=O) groups is 2. The van der Waals surface area contributed by atoms with Crippen molar-refractivity contribution < 1.29 is 22.7 Å². The third kappa shape index (κ3) is 4.96. The fourth-order valence-electron chi connectivity index (χ4n) is 3.29. The molecule has 2 aromatic carbocycles. The van der Waals surface area contributed by atoms with E-state index in [0.717, 1.165) is 18.4 Å². The average molecular weight is 430 g/mol. The highest BCUT2D eigenvalue weighted by molar-refractivity contribution is 7.89. The lowest BCUT2D eigenvalue weighted by Crippen LogP contribution is -2.27. The van der Waals surface area contributed by atoms with Gasteiger partial charge in [-0.05, 0) is 48.1 Å². The van der Waals surface area contributed by atoms with Crippen molar-refractivity contribution in [3.8, 4) is 0 Å². The number of hydrogen-bond donors (Lipinski definition) is 0. The number of Topliss-reactive ketones (excluding diaryl/α,β-unsaturated/α-hetero) is 1. The number of esters is 1. The van der Waals surface area contributed by atoms with Crippen molar-refractivity contribution in [1.82, 2.24) is 4.31 Å². The summed E-state index contributed by atoms with van der Waals surface area (Å²) in [6.45, 7) is 6.94. The molecule has 30 heavy (non-hydrogen) atoms. The number of ketones is 1. The van der Waals surface area contributed by atoms with Crippen LogP contribution < -0.4 is 0 Å². The molecule has 0 spiro atoms. The molecule has 0 saturated carbocycles. The van der Waals surface area contributed by atoms with E-state index in [-0.39, 0.29) is 28.3 Å². The molecule has 1 fully saturated rings. The van der Waals surface area contributed by atoms with Crippen LogP contribution in [-0.4, -0.2) is 44.2 Å². The maximum absolute atomic E-state index is 12.5. The molecule has 0 aromatic heterocycles. The Balaban J connectivity index is 1.60. The van der Waals surface area contributed by atoms with E-state index >= 15 is 0 Å². The van der Waals surface area contributed by atoms with E-state index in [9.17, 15) is 18.0 Å². The molecule has 3 rings (SSSR count). The second-order valence-corrected chi connectivity index (χ2v) is 10.4. The van der Waals surface area contributed by atoms with Crippen LogP contribution in [-0.2, 0) is 20.2 Å². The smallest absolute Gasteiger partial charge is 0.338 e. The molecule has 2 aromatic rings. The SMILES string of the molecule is CC(C)(C)c1ccc(C(=O)COC(=O)c2ccc(S(=O)(=O)N3CCCC3)cc2)cc1. The standard InChI is InChI=1S/C23H27NO5S/c1-23(2,3)19-10-6-17(7-11-19)21(25)16-29-22(26)18-8-12-20(13-9-18)30(27,28)24-14-4-5-15-24/h6-13H,4-5,14-16H2,1-3H3. The number of benzene rings is 2. The number of ether oxygens (including phenoxy) is 1. The Morgan fingerprint density at radius 2 is 1.43 bits per heavy atom. The van der Waals surface area contributed by atoms with Gasteiger partial charge in [-0.25, -0.2) is 13.2 Å². The van der Waals surface area contributed by atoms with Gasteiger partial charge in [0.15, 0.2) is 12.4 Å². The molecule has 0 amide bonds. The quantitative estimate of drug-likeness (QED) is 0.515. The Morgan fingerprint density at radius 3 is 1.97 bits per heavy atom. The molecule has 6 nitrogen and oxygen atoms in total. The minimum atomic E-state index is -3.53. The van der Waals surface area contributed by atoms with Gasteiger partial charge in [0.2, 0.25) is 10.0 Å². The number of rotatable bonds is 6. The summed E-state index contributed by atoms with van der Waals surface area (Å²) in [6, 6.07) is 12.9. The molecule has 7 heteroatoms. The normalized spacial score (nSPS) is 15.2. The van der Waals surface area contributed by atoms with E-state index in [1.54, 1.807) is 12.1 Å². The molecule has 1 aliphatic heterocycles. The van der Waals surface area contributed by atoms with Crippen molar-refractivity contribution in [3.05, 3.63) is 65.2 Å². The highest BCUT2D eigenvalue weighted by Gasteiger charge is 2.27. The lowest BCUT2D eigenvalue weighted by Gasteiger charge is -2.19. The predicted molar refractivity (Wildman–Crippen MR) is 114 cm³/mol. The lowest BCUT2D eigenvalue weighted by molar-refractivity contribution is 0.0474. The van der Waals surface area contributed by atoms with Crippen LogP contribution in [0.4, 0.5) is 0 Å². The first-order valence-electron chi connectivity index (χ1n) is 10.00. The molecule has 1 heterocycles. The van der Waals surface area contributed by atoms with E-state index in [4.69, 9.17) is 4.74 Å². The maximum atomic E-state index is 12.5.